The third-order valence-corrected chi connectivity index (χ3v) is 10.6. The van der Waals surface area contributed by atoms with Gasteiger partial charge in [0, 0.05) is 49.4 Å². The first-order valence-corrected chi connectivity index (χ1v) is 17.5. The quantitative estimate of drug-likeness (QED) is 0.180. The molecule has 0 fully saturated rings. The van der Waals surface area contributed by atoms with Crippen LogP contribution in [-0.2, 0) is 0 Å². The van der Waals surface area contributed by atoms with Gasteiger partial charge in [-0.3, -0.25) is 0 Å². The lowest BCUT2D eigenvalue weighted by Crippen LogP contribution is -1.97. The Kier molecular flexibility index (Phi) is 5.96. The third-order valence-electron chi connectivity index (χ3n) is 10.6. The molecule has 3 aromatic heterocycles. The van der Waals surface area contributed by atoms with Crippen LogP contribution >= 0.6 is 0 Å². The van der Waals surface area contributed by atoms with Gasteiger partial charge in [0.05, 0.1) is 33.1 Å². The minimum Gasteiger partial charge on any atom is -0.309 e. The van der Waals surface area contributed by atoms with Crippen LogP contribution in [0.15, 0.2) is 188 Å². The molecule has 0 saturated carbocycles. The standard InChI is InChI=1S/C48H31N3/c1-2-13-32(14-3-1)33-15-12-16-34(29-33)49-45-23-10-6-19-39(45)41-31-36(26-27-47(41)49)51-46-24-11-7-20-40(46)42-30-35(25-28-48(42)51)50-43-21-8-4-17-37(43)38-18-5-9-22-44(38)50/h1-31H. The van der Waals surface area contributed by atoms with E-state index in [2.05, 4.69) is 202 Å². The van der Waals surface area contributed by atoms with E-state index in [0.717, 1.165) is 11.4 Å². The van der Waals surface area contributed by atoms with Crippen molar-refractivity contribution in [3.8, 4) is 28.2 Å². The van der Waals surface area contributed by atoms with Crippen molar-refractivity contribution in [3.63, 3.8) is 0 Å². The zero-order valence-corrected chi connectivity index (χ0v) is 27.7. The Morgan fingerprint density at radius 2 is 0.569 bits per heavy atom. The molecule has 0 spiro atoms. The van der Waals surface area contributed by atoms with E-state index in [1.165, 1.54) is 82.2 Å². The number of aromatic nitrogens is 3. The van der Waals surface area contributed by atoms with E-state index in [1.54, 1.807) is 0 Å². The smallest absolute Gasteiger partial charge is 0.0542 e. The lowest BCUT2D eigenvalue weighted by molar-refractivity contribution is 1.16. The Balaban J connectivity index is 1.13. The first-order chi connectivity index (χ1) is 25.3. The predicted octanol–water partition coefficient (Wildman–Crippen LogP) is 12.6. The second-order valence-electron chi connectivity index (χ2n) is 13.4. The average Bonchev–Trinajstić information content (AvgIpc) is 3.83. The average molecular weight is 650 g/mol. The van der Waals surface area contributed by atoms with Crippen molar-refractivity contribution in [3.05, 3.63) is 188 Å². The lowest BCUT2D eigenvalue weighted by atomic mass is 10.1. The topological polar surface area (TPSA) is 14.8 Å². The molecule has 0 saturated heterocycles. The summed E-state index contributed by atoms with van der Waals surface area (Å²) in [7, 11) is 0. The van der Waals surface area contributed by atoms with E-state index in [-0.39, 0.29) is 0 Å². The number of para-hydroxylation sites is 4. The highest BCUT2D eigenvalue weighted by molar-refractivity contribution is 6.14. The van der Waals surface area contributed by atoms with Crippen LogP contribution in [-0.4, -0.2) is 13.7 Å². The van der Waals surface area contributed by atoms with Crippen LogP contribution in [0.1, 0.15) is 0 Å². The van der Waals surface area contributed by atoms with E-state index in [1.807, 2.05) is 0 Å². The highest BCUT2D eigenvalue weighted by atomic mass is 15.0. The van der Waals surface area contributed by atoms with Crippen molar-refractivity contribution in [1.29, 1.82) is 0 Å². The number of hydrogen-bond acceptors (Lipinski definition) is 0. The van der Waals surface area contributed by atoms with Crippen molar-refractivity contribution in [2.75, 3.05) is 0 Å². The first-order valence-electron chi connectivity index (χ1n) is 17.5. The number of fused-ring (bicyclic) bond motifs is 9. The van der Waals surface area contributed by atoms with Crippen molar-refractivity contribution in [2.45, 2.75) is 0 Å². The van der Waals surface area contributed by atoms with Gasteiger partial charge in [-0.15, -0.1) is 0 Å². The van der Waals surface area contributed by atoms with E-state index < -0.39 is 0 Å². The van der Waals surface area contributed by atoms with Crippen molar-refractivity contribution in [2.24, 2.45) is 0 Å². The van der Waals surface area contributed by atoms with Gasteiger partial charge in [-0.2, -0.15) is 0 Å². The predicted molar refractivity (Wildman–Crippen MR) is 215 cm³/mol. The molecule has 0 atom stereocenters. The van der Waals surface area contributed by atoms with Crippen LogP contribution < -0.4 is 0 Å². The highest BCUT2D eigenvalue weighted by Crippen LogP contribution is 2.39. The van der Waals surface area contributed by atoms with Crippen LogP contribution in [0.25, 0.3) is 93.6 Å². The fourth-order valence-corrected chi connectivity index (χ4v) is 8.41. The van der Waals surface area contributed by atoms with Crippen molar-refractivity contribution >= 4 is 65.4 Å². The highest BCUT2D eigenvalue weighted by Gasteiger charge is 2.18. The normalized spacial score (nSPS) is 11.9. The molecule has 3 heteroatoms. The van der Waals surface area contributed by atoms with Crippen LogP contribution in [0.5, 0.6) is 0 Å². The summed E-state index contributed by atoms with van der Waals surface area (Å²) in [6.07, 6.45) is 0. The summed E-state index contributed by atoms with van der Waals surface area (Å²) in [5.41, 5.74) is 13.1. The minimum atomic E-state index is 1.15. The van der Waals surface area contributed by atoms with Gasteiger partial charge in [0.15, 0.2) is 0 Å². The summed E-state index contributed by atoms with van der Waals surface area (Å²) >= 11 is 0. The second kappa shape index (κ2) is 10.8. The van der Waals surface area contributed by atoms with Gasteiger partial charge in [0.2, 0.25) is 0 Å². The zero-order valence-electron chi connectivity index (χ0n) is 27.7. The fourth-order valence-electron chi connectivity index (χ4n) is 8.41. The lowest BCUT2D eigenvalue weighted by Gasteiger charge is -2.12. The van der Waals surface area contributed by atoms with Crippen molar-refractivity contribution in [1.82, 2.24) is 13.7 Å². The molecule has 0 amide bonds. The Hall–Kier alpha value is -6.84. The Labute approximate surface area is 294 Å². The molecule has 3 nitrogen and oxygen atoms in total. The van der Waals surface area contributed by atoms with Gasteiger partial charge in [-0.1, -0.05) is 115 Å². The molecule has 11 aromatic rings. The zero-order chi connectivity index (χ0) is 33.5. The summed E-state index contributed by atoms with van der Waals surface area (Å²) in [4.78, 5) is 0. The van der Waals surface area contributed by atoms with Gasteiger partial charge in [0.1, 0.15) is 0 Å². The molecule has 0 unspecified atom stereocenters. The van der Waals surface area contributed by atoms with Gasteiger partial charge in [0.25, 0.3) is 0 Å². The molecular formula is C48H31N3. The van der Waals surface area contributed by atoms with E-state index in [4.69, 9.17) is 0 Å². The summed E-state index contributed by atoms with van der Waals surface area (Å²) < 4.78 is 7.25. The maximum atomic E-state index is 2.43. The molecule has 8 aromatic carbocycles. The maximum Gasteiger partial charge on any atom is 0.0542 e. The Bertz CT molecular complexity index is 3080. The largest absolute Gasteiger partial charge is 0.309 e. The molecule has 0 aliphatic rings. The van der Waals surface area contributed by atoms with Crippen LogP contribution in [0.4, 0.5) is 0 Å². The minimum absolute atomic E-state index is 1.15. The summed E-state index contributed by atoms with van der Waals surface area (Å²) in [5.74, 6) is 0. The second-order valence-corrected chi connectivity index (χ2v) is 13.4. The van der Waals surface area contributed by atoms with Gasteiger partial charge < -0.3 is 13.7 Å². The number of hydrogen-bond donors (Lipinski definition) is 0. The van der Waals surface area contributed by atoms with E-state index in [0.29, 0.717) is 0 Å². The summed E-state index contributed by atoms with van der Waals surface area (Å²) in [6.45, 7) is 0. The molecule has 0 bridgehead atoms. The first kappa shape index (κ1) is 28.0. The summed E-state index contributed by atoms with van der Waals surface area (Å²) in [6, 6.07) is 68.4. The molecule has 0 aliphatic carbocycles. The molecule has 11 rings (SSSR count). The maximum absolute atomic E-state index is 2.43. The van der Waals surface area contributed by atoms with Crippen molar-refractivity contribution < 1.29 is 0 Å². The van der Waals surface area contributed by atoms with E-state index in [9.17, 15) is 0 Å². The number of rotatable bonds is 4. The monoisotopic (exact) mass is 649 g/mol. The van der Waals surface area contributed by atoms with Gasteiger partial charge in [-0.25, -0.2) is 0 Å². The molecule has 0 aliphatic heterocycles. The Morgan fingerprint density at radius 3 is 1.04 bits per heavy atom. The Morgan fingerprint density at radius 1 is 0.216 bits per heavy atom. The molecule has 3 heterocycles. The number of benzene rings is 8. The van der Waals surface area contributed by atoms with Gasteiger partial charge >= 0.3 is 0 Å². The number of nitrogens with zero attached hydrogens (tertiary/aromatic N) is 3. The molecular weight excluding hydrogens is 619 g/mol. The van der Waals surface area contributed by atoms with Crippen LogP contribution in [0.2, 0.25) is 0 Å². The van der Waals surface area contributed by atoms with Crippen LogP contribution in [0, 0.1) is 0 Å². The fraction of sp³-hybridized carbons (Fsp3) is 0. The third kappa shape index (κ3) is 4.12. The molecule has 0 N–H and O–H groups in total. The van der Waals surface area contributed by atoms with Crippen LogP contribution in [0.3, 0.4) is 0 Å². The molecule has 0 radical (unpaired) electrons. The van der Waals surface area contributed by atoms with E-state index >= 15 is 0 Å². The summed E-state index contributed by atoms with van der Waals surface area (Å²) in [5, 5.41) is 7.51. The van der Waals surface area contributed by atoms with Gasteiger partial charge in [-0.05, 0) is 83.9 Å². The molecule has 238 valence electrons. The molecule has 51 heavy (non-hydrogen) atoms. The SMILES string of the molecule is c1ccc(-c2cccc(-n3c4ccccc4c4cc(-n5c6ccccc6c6cc(-n7c8ccccc8c8ccccc87)ccc65)ccc43)c2)cc1.